The van der Waals surface area contributed by atoms with Crippen molar-refractivity contribution >= 4 is 28.8 Å². The van der Waals surface area contributed by atoms with Crippen LogP contribution in [-0.4, -0.2) is 53.0 Å². The lowest BCUT2D eigenvalue weighted by molar-refractivity contribution is -0.119. The second-order valence-electron chi connectivity index (χ2n) is 4.43. The van der Waals surface area contributed by atoms with Crippen molar-refractivity contribution in [2.75, 3.05) is 37.4 Å². The molecule has 0 atom stereocenters. The molecule has 0 aliphatic heterocycles. The Morgan fingerprint density at radius 3 is 2.95 bits per heavy atom. The minimum Gasteiger partial charge on any atom is -0.357 e. The minimum atomic E-state index is -0.0355. The summed E-state index contributed by atoms with van der Waals surface area (Å²) in [6.45, 7) is 2.92. The number of hydrogen-bond acceptors (Lipinski definition) is 6. The minimum absolute atomic E-state index is 0.0355. The molecule has 2 aromatic heterocycles. The average Bonchev–Trinajstić information content (AvgIpc) is 2.91. The van der Waals surface area contributed by atoms with Gasteiger partial charge in [0.1, 0.15) is 5.52 Å². The van der Waals surface area contributed by atoms with Crippen LogP contribution in [-0.2, 0) is 4.79 Å². The van der Waals surface area contributed by atoms with Crippen molar-refractivity contribution in [3.8, 4) is 0 Å². The molecule has 0 radical (unpaired) electrons. The van der Waals surface area contributed by atoms with Gasteiger partial charge in [-0.1, -0.05) is 6.92 Å². The van der Waals surface area contributed by atoms with Crippen LogP contribution in [0.5, 0.6) is 0 Å². The lowest BCUT2D eigenvalue weighted by Gasteiger charge is -2.18. The number of imidazole rings is 1. The van der Waals surface area contributed by atoms with Crippen molar-refractivity contribution in [3.05, 3.63) is 6.33 Å². The van der Waals surface area contributed by atoms with Crippen molar-refractivity contribution in [1.82, 2.24) is 25.3 Å². The number of likely N-dealkylation sites (N-methyl/N-ethyl adjacent to an activating group) is 1. The van der Waals surface area contributed by atoms with Gasteiger partial charge in [-0.05, 0) is 6.42 Å². The Morgan fingerprint density at radius 2 is 2.25 bits per heavy atom. The smallest absolute Gasteiger partial charge is 0.239 e. The molecule has 0 aromatic carbocycles. The number of H-pyrrole nitrogens is 1. The first-order valence-corrected chi connectivity index (χ1v) is 6.52. The molecular formula is C12H19N7O. The van der Waals surface area contributed by atoms with Crippen molar-refractivity contribution in [1.29, 1.82) is 0 Å². The van der Waals surface area contributed by atoms with Crippen LogP contribution in [0.2, 0.25) is 0 Å². The Kier molecular flexibility index (Phi) is 4.34. The molecule has 2 aromatic rings. The van der Waals surface area contributed by atoms with E-state index in [2.05, 4.69) is 30.6 Å². The average molecular weight is 277 g/mol. The number of anilines is 2. The molecular weight excluding hydrogens is 258 g/mol. The highest BCUT2D eigenvalue weighted by Gasteiger charge is 2.15. The molecule has 0 aliphatic rings. The summed E-state index contributed by atoms with van der Waals surface area (Å²) in [4.78, 5) is 29.3. The second kappa shape index (κ2) is 6.18. The largest absolute Gasteiger partial charge is 0.357 e. The van der Waals surface area contributed by atoms with Crippen LogP contribution in [0.3, 0.4) is 0 Å². The number of aromatic nitrogens is 4. The Balaban J connectivity index is 2.22. The molecule has 8 heteroatoms. The number of nitrogens with zero attached hydrogens (tertiary/aromatic N) is 4. The maximum absolute atomic E-state index is 11.8. The molecule has 108 valence electrons. The van der Waals surface area contributed by atoms with E-state index in [0.29, 0.717) is 24.0 Å². The monoisotopic (exact) mass is 277 g/mol. The third-order valence-electron chi connectivity index (χ3n) is 2.80. The zero-order valence-electron chi connectivity index (χ0n) is 11.9. The highest BCUT2D eigenvalue weighted by atomic mass is 16.2. The molecule has 0 unspecified atom stereocenters. The van der Waals surface area contributed by atoms with Gasteiger partial charge in [0, 0.05) is 20.6 Å². The number of aromatic amines is 1. The van der Waals surface area contributed by atoms with Crippen LogP contribution in [0.15, 0.2) is 6.33 Å². The molecule has 20 heavy (non-hydrogen) atoms. The standard InChI is InChI=1S/C12H19N7O/c1-4-5-14-8(20)6-19(3)11-9-10(16-7-15-9)17-12(13-2)18-11/h7H,4-6H2,1-3H3,(H,14,20)(H2,13,15,16,17,18). The summed E-state index contributed by atoms with van der Waals surface area (Å²) in [5.74, 6) is 1.08. The summed E-state index contributed by atoms with van der Waals surface area (Å²) in [6, 6.07) is 0. The van der Waals surface area contributed by atoms with Crippen molar-refractivity contribution in [2.24, 2.45) is 0 Å². The van der Waals surface area contributed by atoms with E-state index in [-0.39, 0.29) is 12.5 Å². The fourth-order valence-electron chi connectivity index (χ4n) is 1.82. The maximum atomic E-state index is 11.8. The van der Waals surface area contributed by atoms with E-state index in [0.717, 1.165) is 11.9 Å². The van der Waals surface area contributed by atoms with Crippen LogP contribution in [0.1, 0.15) is 13.3 Å². The van der Waals surface area contributed by atoms with Gasteiger partial charge in [0.05, 0.1) is 12.9 Å². The number of rotatable bonds is 6. The van der Waals surface area contributed by atoms with Gasteiger partial charge < -0.3 is 20.5 Å². The van der Waals surface area contributed by atoms with Crippen molar-refractivity contribution < 1.29 is 4.79 Å². The highest BCUT2D eigenvalue weighted by molar-refractivity contribution is 5.87. The summed E-state index contributed by atoms with van der Waals surface area (Å²) in [6.07, 6.45) is 2.48. The molecule has 0 aliphatic carbocycles. The third kappa shape index (κ3) is 2.95. The Hall–Kier alpha value is -2.38. The molecule has 0 saturated carbocycles. The van der Waals surface area contributed by atoms with Gasteiger partial charge in [0.2, 0.25) is 11.9 Å². The molecule has 0 spiro atoms. The van der Waals surface area contributed by atoms with Crippen LogP contribution < -0.4 is 15.5 Å². The maximum Gasteiger partial charge on any atom is 0.239 e. The Morgan fingerprint density at radius 1 is 1.45 bits per heavy atom. The van der Waals surface area contributed by atoms with E-state index in [1.54, 1.807) is 18.3 Å². The first-order valence-electron chi connectivity index (χ1n) is 6.52. The van der Waals surface area contributed by atoms with Crippen LogP contribution >= 0.6 is 0 Å². The highest BCUT2D eigenvalue weighted by Crippen LogP contribution is 2.21. The SMILES string of the molecule is CCCNC(=O)CN(C)c1nc(NC)nc2nc[nH]c12. The van der Waals surface area contributed by atoms with Gasteiger partial charge >= 0.3 is 0 Å². The van der Waals surface area contributed by atoms with E-state index in [1.807, 2.05) is 14.0 Å². The van der Waals surface area contributed by atoms with Crippen molar-refractivity contribution in [2.45, 2.75) is 13.3 Å². The number of carbonyl (C=O) groups excluding carboxylic acids is 1. The fraction of sp³-hybridized carbons (Fsp3) is 0.500. The second-order valence-corrected chi connectivity index (χ2v) is 4.43. The molecule has 0 bridgehead atoms. The van der Waals surface area contributed by atoms with E-state index >= 15 is 0 Å². The topological polar surface area (TPSA) is 98.8 Å². The molecule has 0 saturated heterocycles. The Labute approximate surface area is 117 Å². The normalized spacial score (nSPS) is 10.6. The molecule has 1 amide bonds. The first-order chi connectivity index (χ1) is 9.65. The van der Waals surface area contributed by atoms with Gasteiger partial charge in [0.25, 0.3) is 0 Å². The number of amides is 1. The van der Waals surface area contributed by atoms with Gasteiger partial charge in [0.15, 0.2) is 11.5 Å². The van der Waals surface area contributed by atoms with E-state index in [4.69, 9.17) is 0 Å². The summed E-state index contributed by atoms with van der Waals surface area (Å²) in [5.41, 5.74) is 1.29. The molecule has 2 rings (SSSR count). The molecule has 8 nitrogen and oxygen atoms in total. The third-order valence-corrected chi connectivity index (χ3v) is 2.80. The Bertz CT molecular complexity index is 595. The van der Waals surface area contributed by atoms with Crippen LogP contribution in [0.4, 0.5) is 11.8 Å². The predicted molar refractivity (Wildman–Crippen MR) is 77.8 cm³/mol. The van der Waals surface area contributed by atoms with E-state index in [1.165, 1.54) is 0 Å². The number of nitrogens with one attached hydrogen (secondary N) is 3. The zero-order valence-corrected chi connectivity index (χ0v) is 11.9. The molecule has 2 heterocycles. The van der Waals surface area contributed by atoms with Crippen LogP contribution in [0, 0.1) is 0 Å². The molecule has 3 N–H and O–H groups in total. The van der Waals surface area contributed by atoms with Gasteiger partial charge in [-0.3, -0.25) is 4.79 Å². The zero-order chi connectivity index (χ0) is 14.5. The van der Waals surface area contributed by atoms with E-state index in [9.17, 15) is 4.79 Å². The number of fused-ring (bicyclic) bond motifs is 1. The van der Waals surface area contributed by atoms with Gasteiger partial charge in [-0.2, -0.15) is 9.97 Å². The van der Waals surface area contributed by atoms with Crippen LogP contribution in [0.25, 0.3) is 11.2 Å². The lowest BCUT2D eigenvalue weighted by atomic mass is 10.4. The first kappa shape index (κ1) is 14.0. The summed E-state index contributed by atoms with van der Waals surface area (Å²) in [5, 5.41) is 5.73. The van der Waals surface area contributed by atoms with Gasteiger partial charge in [-0.25, -0.2) is 4.98 Å². The fourth-order valence-corrected chi connectivity index (χ4v) is 1.82. The number of hydrogen-bond donors (Lipinski definition) is 3. The summed E-state index contributed by atoms with van der Waals surface area (Å²) < 4.78 is 0. The van der Waals surface area contributed by atoms with E-state index < -0.39 is 0 Å². The summed E-state index contributed by atoms with van der Waals surface area (Å²) >= 11 is 0. The summed E-state index contributed by atoms with van der Waals surface area (Å²) in [7, 11) is 3.55. The lowest BCUT2D eigenvalue weighted by Crippen LogP contribution is -2.36. The van der Waals surface area contributed by atoms with Crippen molar-refractivity contribution in [3.63, 3.8) is 0 Å². The predicted octanol–water partition coefficient (Wildman–Crippen LogP) is 0.357. The van der Waals surface area contributed by atoms with Gasteiger partial charge in [-0.15, -0.1) is 0 Å². The number of carbonyl (C=O) groups is 1. The quantitative estimate of drug-likeness (QED) is 0.705. The molecule has 0 fully saturated rings.